The molecule has 4 N–H and O–H groups in total. The Labute approximate surface area is 135 Å². The fourth-order valence-corrected chi connectivity index (χ4v) is 3.16. The number of carbonyl (C=O) groups is 2. The number of nitrogens with two attached hydrogens (primary N) is 1. The summed E-state index contributed by atoms with van der Waals surface area (Å²) in [6.07, 6.45) is 5.04. The van der Waals surface area contributed by atoms with Crippen LogP contribution in [0, 0.1) is 0 Å². The summed E-state index contributed by atoms with van der Waals surface area (Å²) in [5, 5.41) is 6.21. The fourth-order valence-electron chi connectivity index (χ4n) is 3.03. The molecule has 22 heavy (non-hydrogen) atoms. The number of hydrogen-bond donors (Lipinski definition) is 3. The second kappa shape index (κ2) is 7.01. The highest BCUT2D eigenvalue weighted by molar-refractivity contribution is 6.30. The van der Waals surface area contributed by atoms with Crippen molar-refractivity contribution in [3.63, 3.8) is 0 Å². The van der Waals surface area contributed by atoms with Gasteiger partial charge in [-0.15, -0.1) is 0 Å². The van der Waals surface area contributed by atoms with Crippen LogP contribution < -0.4 is 16.4 Å². The zero-order valence-corrected chi connectivity index (χ0v) is 13.5. The number of benzene rings is 1. The molecule has 1 fully saturated rings. The van der Waals surface area contributed by atoms with E-state index in [1.807, 2.05) is 24.3 Å². The van der Waals surface area contributed by atoms with Crippen molar-refractivity contribution in [1.82, 2.24) is 10.6 Å². The molecule has 1 aromatic carbocycles. The van der Waals surface area contributed by atoms with Gasteiger partial charge in [0.2, 0.25) is 5.91 Å². The minimum Gasteiger partial charge on any atom is -0.352 e. The van der Waals surface area contributed by atoms with Gasteiger partial charge in [-0.1, -0.05) is 43.0 Å². The minimum atomic E-state index is -0.702. The number of nitrogens with one attached hydrogen (secondary N) is 2. The number of carbonyl (C=O) groups excluding carboxylic acids is 2. The molecule has 1 aliphatic carbocycles. The largest absolute Gasteiger partial charge is 0.352 e. The van der Waals surface area contributed by atoms with Gasteiger partial charge in [0, 0.05) is 5.02 Å². The van der Waals surface area contributed by atoms with Crippen molar-refractivity contribution in [3.05, 3.63) is 34.9 Å². The van der Waals surface area contributed by atoms with Crippen molar-refractivity contribution in [1.29, 1.82) is 0 Å². The average molecular weight is 324 g/mol. The van der Waals surface area contributed by atoms with Crippen LogP contribution in [0.4, 0.5) is 4.79 Å². The Morgan fingerprint density at radius 2 is 1.77 bits per heavy atom. The van der Waals surface area contributed by atoms with E-state index in [-0.39, 0.29) is 5.91 Å². The second-order valence-corrected chi connectivity index (χ2v) is 6.31. The Hall–Kier alpha value is -1.75. The normalized spacial score (nSPS) is 18.3. The summed E-state index contributed by atoms with van der Waals surface area (Å²) in [5.41, 5.74) is 5.74. The van der Waals surface area contributed by atoms with Crippen molar-refractivity contribution < 1.29 is 9.59 Å². The van der Waals surface area contributed by atoms with Gasteiger partial charge in [-0.25, -0.2) is 4.79 Å². The lowest BCUT2D eigenvalue weighted by Gasteiger charge is -2.39. The fraction of sp³-hybridized carbons (Fsp3) is 0.500. The van der Waals surface area contributed by atoms with E-state index in [1.54, 1.807) is 6.92 Å². The quantitative estimate of drug-likeness (QED) is 0.796. The smallest absolute Gasteiger partial charge is 0.312 e. The molecular weight excluding hydrogens is 302 g/mol. The van der Waals surface area contributed by atoms with Crippen LogP contribution in [-0.2, 0) is 10.3 Å². The van der Waals surface area contributed by atoms with Gasteiger partial charge in [-0.3, -0.25) is 4.79 Å². The van der Waals surface area contributed by atoms with E-state index in [2.05, 4.69) is 10.6 Å². The van der Waals surface area contributed by atoms with Gasteiger partial charge in [0.25, 0.3) is 0 Å². The summed E-state index contributed by atoms with van der Waals surface area (Å²) in [5.74, 6) is -0.226. The highest BCUT2D eigenvalue weighted by Gasteiger charge is 2.36. The van der Waals surface area contributed by atoms with Crippen LogP contribution in [0.2, 0.25) is 5.02 Å². The molecule has 0 spiro atoms. The molecule has 120 valence electrons. The third-order valence-electron chi connectivity index (χ3n) is 4.22. The molecule has 1 atom stereocenters. The zero-order valence-electron chi connectivity index (χ0n) is 12.7. The maximum atomic E-state index is 12.4. The maximum absolute atomic E-state index is 12.4. The molecule has 0 radical (unpaired) electrons. The molecule has 0 saturated heterocycles. The van der Waals surface area contributed by atoms with Crippen LogP contribution in [0.5, 0.6) is 0 Å². The third kappa shape index (κ3) is 3.91. The minimum absolute atomic E-state index is 0.226. The van der Waals surface area contributed by atoms with E-state index in [0.29, 0.717) is 5.02 Å². The van der Waals surface area contributed by atoms with E-state index >= 15 is 0 Å². The van der Waals surface area contributed by atoms with Crippen LogP contribution in [0.25, 0.3) is 0 Å². The zero-order chi connectivity index (χ0) is 16.2. The van der Waals surface area contributed by atoms with Gasteiger partial charge in [0.05, 0.1) is 5.54 Å². The summed E-state index contributed by atoms with van der Waals surface area (Å²) in [6, 6.07) is 6.23. The Kier molecular flexibility index (Phi) is 5.29. The summed E-state index contributed by atoms with van der Waals surface area (Å²) in [4.78, 5) is 23.3. The number of amides is 3. The lowest BCUT2D eigenvalue weighted by molar-refractivity contribution is -0.125. The SMILES string of the molecule is C[C@@H](NC(N)=O)C(=O)NC1(c2ccc(Cl)cc2)CCCCC1. The first-order valence-electron chi connectivity index (χ1n) is 7.57. The van der Waals surface area contributed by atoms with Crippen LogP contribution >= 0.6 is 11.6 Å². The van der Waals surface area contributed by atoms with Gasteiger partial charge in [-0.2, -0.15) is 0 Å². The van der Waals surface area contributed by atoms with Gasteiger partial charge in [0.15, 0.2) is 0 Å². The van der Waals surface area contributed by atoms with Gasteiger partial charge in [0.1, 0.15) is 6.04 Å². The first kappa shape index (κ1) is 16.6. The number of rotatable bonds is 4. The molecule has 6 heteroatoms. The van der Waals surface area contributed by atoms with Crippen LogP contribution in [0.1, 0.15) is 44.6 Å². The van der Waals surface area contributed by atoms with Crippen molar-refractivity contribution in [3.8, 4) is 0 Å². The summed E-state index contributed by atoms with van der Waals surface area (Å²) in [6.45, 7) is 1.62. The van der Waals surface area contributed by atoms with Crippen molar-refractivity contribution in [2.45, 2.75) is 50.6 Å². The first-order chi connectivity index (χ1) is 10.4. The Balaban J connectivity index is 2.20. The maximum Gasteiger partial charge on any atom is 0.312 e. The molecule has 1 aliphatic rings. The number of hydrogen-bond acceptors (Lipinski definition) is 2. The molecule has 0 unspecified atom stereocenters. The van der Waals surface area contributed by atoms with E-state index < -0.39 is 17.6 Å². The number of primary amides is 1. The lowest BCUT2D eigenvalue weighted by Crippen LogP contribution is -2.54. The second-order valence-electron chi connectivity index (χ2n) is 5.87. The van der Waals surface area contributed by atoms with Gasteiger partial charge in [-0.05, 0) is 37.5 Å². The number of urea groups is 1. The third-order valence-corrected chi connectivity index (χ3v) is 4.47. The van der Waals surface area contributed by atoms with E-state index in [0.717, 1.165) is 31.2 Å². The van der Waals surface area contributed by atoms with E-state index in [9.17, 15) is 9.59 Å². The predicted molar refractivity (Wildman–Crippen MR) is 86.5 cm³/mol. The molecule has 0 bridgehead atoms. The molecule has 3 amide bonds. The Bertz CT molecular complexity index is 539. The average Bonchev–Trinajstić information content (AvgIpc) is 2.48. The lowest BCUT2D eigenvalue weighted by atomic mass is 9.76. The molecule has 2 rings (SSSR count). The number of halogens is 1. The van der Waals surface area contributed by atoms with Crippen LogP contribution in [0.3, 0.4) is 0 Å². The molecule has 1 saturated carbocycles. The van der Waals surface area contributed by atoms with E-state index in [1.165, 1.54) is 6.42 Å². The van der Waals surface area contributed by atoms with Crippen molar-refractivity contribution >= 4 is 23.5 Å². The van der Waals surface area contributed by atoms with Crippen molar-refractivity contribution in [2.24, 2.45) is 5.73 Å². The van der Waals surface area contributed by atoms with Gasteiger partial charge < -0.3 is 16.4 Å². The summed E-state index contributed by atoms with van der Waals surface area (Å²) in [7, 11) is 0. The van der Waals surface area contributed by atoms with Crippen LogP contribution in [-0.4, -0.2) is 18.0 Å². The highest BCUT2D eigenvalue weighted by atomic mass is 35.5. The molecular formula is C16H22ClN3O2. The monoisotopic (exact) mass is 323 g/mol. The molecule has 0 heterocycles. The molecule has 0 aliphatic heterocycles. The van der Waals surface area contributed by atoms with E-state index in [4.69, 9.17) is 17.3 Å². The van der Waals surface area contributed by atoms with Crippen molar-refractivity contribution in [2.75, 3.05) is 0 Å². The molecule has 5 nitrogen and oxygen atoms in total. The predicted octanol–water partition coefficient (Wildman–Crippen LogP) is 2.67. The van der Waals surface area contributed by atoms with Crippen LogP contribution in [0.15, 0.2) is 24.3 Å². The first-order valence-corrected chi connectivity index (χ1v) is 7.95. The van der Waals surface area contributed by atoms with Gasteiger partial charge >= 0.3 is 6.03 Å². The Morgan fingerprint density at radius 3 is 2.32 bits per heavy atom. The topological polar surface area (TPSA) is 84.2 Å². The summed E-state index contributed by atoms with van der Waals surface area (Å²) < 4.78 is 0. The molecule has 0 aromatic heterocycles. The standard InChI is InChI=1S/C16H22ClN3O2/c1-11(19-15(18)22)14(21)20-16(9-3-2-4-10-16)12-5-7-13(17)8-6-12/h5-8,11H,2-4,9-10H2,1H3,(H,20,21)(H3,18,19,22)/t11-/m1/s1. The Morgan fingerprint density at radius 1 is 1.18 bits per heavy atom. The highest BCUT2D eigenvalue weighted by Crippen LogP contribution is 2.37. The summed E-state index contributed by atoms with van der Waals surface area (Å²) >= 11 is 5.96. The molecule has 1 aromatic rings.